The molecule has 1 fully saturated rings. The van der Waals surface area contributed by atoms with Gasteiger partial charge in [0.2, 0.25) is 0 Å². The molecule has 3 rings (SSSR count). The fourth-order valence-corrected chi connectivity index (χ4v) is 3.24. The molecule has 21 heavy (non-hydrogen) atoms. The predicted octanol–water partition coefficient (Wildman–Crippen LogP) is 3.11. The number of fused-ring (bicyclic) bond motifs is 1. The van der Waals surface area contributed by atoms with Crippen LogP contribution in [0.15, 0.2) is 24.3 Å². The summed E-state index contributed by atoms with van der Waals surface area (Å²) in [7, 11) is 2.16. The van der Waals surface area contributed by atoms with Gasteiger partial charge in [-0.25, -0.2) is 4.39 Å². The number of piperazine rings is 1. The molecule has 1 saturated heterocycles. The summed E-state index contributed by atoms with van der Waals surface area (Å²) >= 11 is 0. The van der Waals surface area contributed by atoms with Crippen molar-refractivity contribution < 1.29 is 4.39 Å². The van der Waals surface area contributed by atoms with E-state index in [4.69, 9.17) is 0 Å². The lowest BCUT2D eigenvalue weighted by Crippen LogP contribution is -2.44. The maximum absolute atomic E-state index is 14.2. The van der Waals surface area contributed by atoms with E-state index in [9.17, 15) is 4.39 Å². The average molecular weight is 289 g/mol. The molecule has 0 aliphatic carbocycles. The molecular formula is C17H24FN3. The van der Waals surface area contributed by atoms with Crippen LogP contribution in [0.4, 0.5) is 4.39 Å². The molecule has 0 saturated carbocycles. The second-order valence-corrected chi connectivity index (χ2v) is 6.36. The zero-order chi connectivity index (χ0) is 15.0. The number of likely N-dealkylation sites (N-methyl/N-ethyl adjacent to an activating group) is 1. The third kappa shape index (κ3) is 2.83. The van der Waals surface area contributed by atoms with Crippen molar-refractivity contribution in [2.45, 2.75) is 26.4 Å². The van der Waals surface area contributed by atoms with Crippen molar-refractivity contribution in [3.8, 4) is 0 Å². The Balaban J connectivity index is 1.94. The van der Waals surface area contributed by atoms with E-state index in [0.717, 1.165) is 43.6 Å². The lowest BCUT2D eigenvalue weighted by atomic mass is 10.2. The minimum atomic E-state index is -0.120. The van der Waals surface area contributed by atoms with Crippen LogP contribution in [0.1, 0.15) is 25.6 Å². The van der Waals surface area contributed by atoms with E-state index in [0.29, 0.717) is 0 Å². The summed E-state index contributed by atoms with van der Waals surface area (Å²) in [6.07, 6.45) is 0. The molecule has 1 aromatic heterocycles. The third-order valence-electron chi connectivity index (χ3n) is 4.39. The summed E-state index contributed by atoms with van der Waals surface area (Å²) in [5, 5.41) is 1.01. The smallest absolute Gasteiger partial charge is 0.147 e. The molecule has 2 heterocycles. The Hall–Kier alpha value is -1.39. The van der Waals surface area contributed by atoms with Gasteiger partial charge >= 0.3 is 0 Å². The highest BCUT2D eigenvalue weighted by atomic mass is 19.1. The van der Waals surface area contributed by atoms with Crippen LogP contribution < -0.4 is 0 Å². The Morgan fingerprint density at radius 3 is 2.52 bits per heavy atom. The molecule has 2 aromatic rings. The number of nitrogens with zero attached hydrogens (tertiary/aromatic N) is 3. The SMILES string of the molecule is CC(C)n1c(CN2CCN(C)CC2)cc2cccc(F)c21. The largest absolute Gasteiger partial charge is 0.338 e. The first-order valence-corrected chi connectivity index (χ1v) is 7.75. The minimum Gasteiger partial charge on any atom is -0.338 e. The third-order valence-corrected chi connectivity index (χ3v) is 4.39. The van der Waals surface area contributed by atoms with Gasteiger partial charge < -0.3 is 9.47 Å². The van der Waals surface area contributed by atoms with Crippen LogP contribution in [0.3, 0.4) is 0 Å². The van der Waals surface area contributed by atoms with Gasteiger partial charge in [0, 0.05) is 49.8 Å². The van der Waals surface area contributed by atoms with Crippen LogP contribution in [-0.4, -0.2) is 47.6 Å². The van der Waals surface area contributed by atoms with E-state index < -0.39 is 0 Å². The van der Waals surface area contributed by atoms with E-state index >= 15 is 0 Å². The van der Waals surface area contributed by atoms with E-state index in [-0.39, 0.29) is 11.9 Å². The molecule has 0 spiro atoms. The normalized spacial score (nSPS) is 18.0. The van der Waals surface area contributed by atoms with Gasteiger partial charge in [0.15, 0.2) is 0 Å². The predicted molar refractivity (Wildman–Crippen MR) is 85.1 cm³/mol. The molecule has 0 unspecified atom stereocenters. The molecule has 4 heteroatoms. The molecule has 0 N–H and O–H groups in total. The van der Waals surface area contributed by atoms with Gasteiger partial charge in [0.1, 0.15) is 5.82 Å². The Morgan fingerprint density at radius 2 is 1.86 bits per heavy atom. The molecule has 0 radical (unpaired) electrons. The van der Waals surface area contributed by atoms with Gasteiger partial charge in [-0.15, -0.1) is 0 Å². The monoisotopic (exact) mass is 289 g/mol. The molecule has 1 aliphatic rings. The van der Waals surface area contributed by atoms with Crippen LogP contribution in [0, 0.1) is 5.82 Å². The maximum atomic E-state index is 14.2. The topological polar surface area (TPSA) is 11.4 Å². The average Bonchev–Trinajstić information content (AvgIpc) is 2.81. The molecular weight excluding hydrogens is 265 g/mol. The van der Waals surface area contributed by atoms with Crippen LogP contribution in [0.2, 0.25) is 0 Å². The quantitative estimate of drug-likeness (QED) is 0.860. The number of hydrogen-bond donors (Lipinski definition) is 0. The summed E-state index contributed by atoms with van der Waals surface area (Å²) < 4.78 is 16.4. The zero-order valence-electron chi connectivity index (χ0n) is 13.1. The first kappa shape index (κ1) is 14.5. The fourth-order valence-electron chi connectivity index (χ4n) is 3.24. The first-order chi connectivity index (χ1) is 10.1. The van der Waals surface area contributed by atoms with E-state index in [1.54, 1.807) is 12.1 Å². The van der Waals surface area contributed by atoms with Crippen molar-refractivity contribution in [1.82, 2.24) is 14.4 Å². The molecule has 0 amide bonds. The van der Waals surface area contributed by atoms with Crippen LogP contribution in [0.5, 0.6) is 0 Å². The summed E-state index contributed by atoms with van der Waals surface area (Å²) in [5.41, 5.74) is 1.96. The van der Waals surface area contributed by atoms with Crippen LogP contribution in [-0.2, 0) is 6.54 Å². The summed E-state index contributed by atoms with van der Waals surface area (Å²) in [4.78, 5) is 4.82. The lowest BCUT2D eigenvalue weighted by molar-refractivity contribution is 0.145. The Kier molecular flexibility index (Phi) is 4.00. The highest BCUT2D eigenvalue weighted by molar-refractivity contribution is 5.82. The molecule has 1 aliphatic heterocycles. The van der Waals surface area contributed by atoms with Gasteiger partial charge in [-0.3, -0.25) is 4.90 Å². The van der Waals surface area contributed by atoms with Gasteiger partial charge in [-0.2, -0.15) is 0 Å². The highest BCUT2D eigenvalue weighted by Gasteiger charge is 2.19. The van der Waals surface area contributed by atoms with Gasteiger partial charge in [0.25, 0.3) is 0 Å². The van der Waals surface area contributed by atoms with Gasteiger partial charge in [0.05, 0.1) is 5.52 Å². The van der Waals surface area contributed by atoms with E-state index in [2.05, 4.69) is 41.3 Å². The van der Waals surface area contributed by atoms with Crippen LogP contribution >= 0.6 is 0 Å². The van der Waals surface area contributed by atoms with Crippen molar-refractivity contribution in [1.29, 1.82) is 0 Å². The standard InChI is InChI=1S/C17H24FN3/c1-13(2)21-15(12-20-9-7-19(3)8-10-20)11-14-5-4-6-16(18)17(14)21/h4-6,11,13H,7-10,12H2,1-3H3. The van der Waals surface area contributed by atoms with E-state index in [1.807, 2.05) is 6.07 Å². The Morgan fingerprint density at radius 1 is 1.14 bits per heavy atom. The number of benzene rings is 1. The summed E-state index contributed by atoms with van der Waals surface area (Å²) in [6.45, 7) is 9.53. The molecule has 114 valence electrons. The van der Waals surface area contributed by atoms with Crippen molar-refractivity contribution in [2.75, 3.05) is 33.2 Å². The Bertz CT molecular complexity index is 624. The van der Waals surface area contributed by atoms with Crippen molar-refractivity contribution in [3.05, 3.63) is 35.8 Å². The second kappa shape index (κ2) is 5.78. The fraction of sp³-hybridized carbons (Fsp3) is 0.529. The van der Waals surface area contributed by atoms with Crippen molar-refractivity contribution in [3.63, 3.8) is 0 Å². The van der Waals surface area contributed by atoms with Crippen molar-refractivity contribution in [2.24, 2.45) is 0 Å². The minimum absolute atomic E-state index is 0.120. The number of rotatable bonds is 3. The number of para-hydroxylation sites is 1. The number of halogens is 1. The van der Waals surface area contributed by atoms with Gasteiger partial charge in [-0.1, -0.05) is 12.1 Å². The van der Waals surface area contributed by atoms with Crippen molar-refractivity contribution >= 4 is 10.9 Å². The lowest BCUT2D eigenvalue weighted by Gasteiger charge is -2.32. The summed E-state index contributed by atoms with van der Waals surface area (Å²) in [6, 6.07) is 7.77. The zero-order valence-corrected chi connectivity index (χ0v) is 13.1. The van der Waals surface area contributed by atoms with E-state index in [1.165, 1.54) is 5.69 Å². The summed E-state index contributed by atoms with van der Waals surface area (Å²) in [5.74, 6) is -0.120. The maximum Gasteiger partial charge on any atom is 0.147 e. The van der Waals surface area contributed by atoms with Gasteiger partial charge in [-0.05, 0) is 33.0 Å². The number of hydrogen-bond acceptors (Lipinski definition) is 2. The van der Waals surface area contributed by atoms with Crippen LogP contribution in [0.25, 0.3) is 10.9 Å². The first-order valence-electron chi connectivity index (χ1n) is 7.75. The number of aromatic nitrogens is 1. The molecule has 0 bridgehead atoms. The highest BCUT2D eigenvalue weighted by Crippen LogP contribution is 2.27. The second-order valence-electron chi connectivity index (χ2n) is 6.36. The Labute approximate surface area is 125 Å². The molecule has 1 aromatic carbocycles. The molecule has 0 atom stereocenters. The molecule has 3 nitrogen and oxygen atoms in total.